The van der Waals surface area contributed by atoms with E-state index in [1.54, 1.807) is 0 Å². The van der Waals surface area contributed by atoms with Crippen LogP contribution in [0.2, 0.25) is 0 Å². The Morgan fingerprint density at radius 3 is 2.30 bits per heavy atom. The molecule has 0 atom stereocenters. The number of likely N-dealkylation sites (N-methyl/N-ethyl adjacent to an activating group) is 1. The lowest BCUT2D eigenvalue weighted by Gasteiger charge is -2.56. The minimum Gasteiger partial charge on any atom is -0.491 e. The summed E-state index contributed by atoms with van der Waals surface area (Å²) in [6, 6.07) is 7.62. The Kier molecular flexibility index (Phi) is 6.37. The third-order valence-electron chi connectivity index (χ3n) is 6.72. The van der Waals surface area contributed by atoms with E-state index in [2.05, 4.69) is 10.2 Å². The maximum Gasteiger partial charge on any atom is 0.255 e. The molecule has 0 radical (unpaired) electrons. The van der Waals surface area contributed by atoms with Crippen LogP contribution in [0.3, 0.4) is 0 Å². The van der Waals surface area contributed by atoms with Crippen LogP contribution in [0.5, 0.6) is 5.75 Å². The fraction of sp³-hybridized carbons (Fsp3) is 0.682. The quantitative estimate of drug-likeness (QED) is 0.762. The molecule has 4 nitrogen and oxygen atoms in total. The number of nitrogens with zero attached hydrogens (tertiary/aromatic N) is 1. The van der Waals surface area contributed by atoms with Crippen LogP contribution in [0.1, 0.15) is 48.9 Å². The summed E-state index contributed by atoms with van der Waals surface area (Å²) < 4.78 is 5.86. The lowest BCUT2D eigenvalue weighted by Crippen LogP contribution is -2.51. The Morgan fingerprint density at radius 2 is 1.70 bits per heavy atom. The third kappa shape index (κ3) is 4.60. The molecular formula is C22H33ClN2O2. The second-order valence-electron chi connectivity index (χ2n) is 9.25. The highest BCUT2D eigenvalue weighted by Gasteiger charge is 2.50. The molecule has 27 heavy (non-hydrogen) atoms. The number of carbonyl (C=O) groups excluding carboxylic acids is 1. The Labute approximate surface area is 169 Å². The average molecular weight is 393 g/mol. The number of rotatable bonds is 7. The monoisotopic (exact) mass is 392 g/mol. The van der Waals surface area contributed by atoms with Crippen LogP contribution in [0.25, 0.3) is 0 Å². The van der Waals surface area contributed by atoms with E-state index in [1.807, 2.05) is 38.4 Å². The molecule has 1 amide bonds. The number of hydrogen-bond acceptors (Lipinski definition) is 3. The van der Waals surface area contributed by atoms with Gasteiger partial charge in [-0.3, -0.25) is 4.79 Å². The van der Waals surface area contributed by atoms with E-state index >= 15 is 0 Å². The molecule has 1 aromatic rings. The summed E-state index contributed by atoms with van der Waals surface area (Å²) >= 11 is 0. The highest BCUT2D eigenvalue weighted by Crippen LogP contribution is 2.59. The standard InChI is InChI=1S/C22H32N2O2.ClH/c1-24(2)7-8-26-20-6-4-3-5-19(20)21(25)23-15-22-12-16-9-17(13-22)11-18(10-16)14-22;/h3-6,16-18H,7-15H2,1-2H3,(H,23,25);1H. The molecule has 0 spiro atoms. The average Bonchev–Trinajstić information content (AvgIpc) is 2.59. The lowest BCUT2D eigenvalue weighted by molar-refractivity contribution is -0.0503. The summed E-state index contributed by atoms with van der Waals surface area (Å²) in [7, 11) is 4.04. The van der Waals surface area contributed by atoms with Gasteiger partial charge >= 0.3 is 0 Å². The Morgan fingerprint density at radius 1 is 1.11 bits per heavy atom. The first-order valence-electron chi connectivity index (χ1n) is 10.2. The Balaban J connectivity index is 0.00000210. The summed E-state index contributed by atoms with van der Waals surface area (Å²) in [4.78, 5) is 14.9. The minimum atomic E-state index is 0. The van der Waals surface area contributed by atoms with Crippen LogP contribution in [-0.4, -0.2) is 44.6 Å². The number of amides is 1. The zero-order valence-corrected chi connectivity index (χ0v) is 17.4. The van der Waals surface area contributed by atoms with Crippen molar-refractivity contribution in [1.82, 2.24) is 10.2 Å². The molecule has 4 bridgehead atoms. The van der Waals surface area contributed by atoms with Crippen molar-refractivity contribution in [3.63, 3.8) is 0 Å². The van der Waals surface area contributed by atoms with Gasteiger partial charge in [0.15, 0.2) is 0 Å². The van der Waals surface area contributed by atoms with Crippen LogP contribution in [0.4, 0.5) is 0 Å². The molecule has 0 unspecified atom stereocenters. The van der Waals surface area contributed by atoms with Gasteiger partial charge in [-0.05, 0) is 87.9 Å². The van der Waals surface area contributed by atoms with Gasteiger partial charge in [0.25, 0.3) is 5.91 Å². The van der Waals surface area contributed by atoms with Crippen molar-refractivity contribution < 1.29 is 9.53 Å². The zero-order valence-electron chi connectivity index (χ0n) is 16.6. The minimum absolute atomic E-state index is 0. The largest absolute Gasteiger partial charge is 0.491 e. The maximum absolute atomic E-state index is 12.9. The topological polar surface area (TPSA) is 41.6 Å². The number of benzene rings is 1. The molecule has 0 aromatic heterocycles. The van der Waals surface area contributed by atoms with Gasteiger partial charge in [-0.25, -0.2) is 0 Å². The zero-order chi connectivity index (χ0) is 18.1. The van der Waals surface area contributed by atoms with Gasteiger partial charge in [-0.2, -0.15) is 0 Å². The third-order valence-corrected chi connectivity index (χ3v) is 6.72. The van der Waals surface area contributed by atoms with Gasteiger partial charge < -0.3 is 15.0 Å². The van der Waals surface area contributed by atoms with E-state index in [0.29, 0.717) is 23.3 Å². The highest BCUT2D eigenvalue weighted by atomic mass is 35.5. The number of hydrogen-bond donors (Lipinski definition) is 1. The molecule has 1 N–H and O–H groups in total. The van der Waals surface area contributed by atoms with E-state index in [9.17, 15) is 4.79 Å². The first kappa shape index (κ1) is 20.5. The fourth-order valence-electron chi connectivity index (χ4n) is 5.99. The molecule has 0 aliphatic heterocycles. The van der Waals surface area contributed by atoms with E-state index < -0.39 is 0 Å². The van der Waals surface area contributed by atoms with Crippen LogP contribution in [0.15, 0.2) is 24.3 Å². The normalized spacial score (nSPS) is 30.9. The van der Waals surface area contributed by atoms with E-state index in [1.165, 1.54) is 38.5 Å². The van der Waals surface area contributed by atoms with Gasteiger partial charge in [-0.1, -0.05) is 12.1 Å². The number of nitrogens with one attached hydrogen (secondary N) is 1. The Bertz CT molecular complexity index is 626. The second kappa shape index (κ2) is 8.40. The van der Waals surface area contributed by atoms with Crippen LogP contribution in [-0.2, 0) is 0 Å². The van der Waals surface area contributed by atoms with Crippen LogP contribution < -0.4 is 10.1 Å². The molecule has 4 fully saturated rings. The summed E-state index contributed by atoms with van der Waals surface area (Å²) in [6.07, 6.45) is 8.28. The molecule has 1 aromatic carbocycles. The number of ether oxygens (including phenoxy) is 1. The molecule has 5 heteroatoms. The first-order chi connectivity index (χ1) is 12.5. The number of para-hydroxylation sites is 1. The van der Waals surface area contributed by atoms with Crippen molar-refractivity contribution in [3.8, 4) is 5.75 Å². The predicted molar refractivity (Wildman–Crippen MR) is 111 cm³/mol. The molecule has 0 saturated heterocycles. The molecular weight excluding hydrogens is 360 g/mol. The van der Waals surface area contributed by atoms with Crippen molar-refractivity contribution in [3.05, 3.63) is 29.8 Å². The highest BCUT2D eigenvalue weighted by molar-refractivity contribution is 5.96. The summed E-state index contributed by atoms with van der Waals surface area (Å²) in [5, 5.41) is 3.27. The number of halogens is 1. The summed E-state index contributed by atoms with van der Waals surface area (Å²) in [5.74, 6) is 3.46. The molecule has 5 rings (SSSR count). The van der Waals surface area contributed by atoms with E-state index in [0.717, 1.165) is 30.8 Å². The van der Waals surface area contributed by atoms with Gasteiger partial charge in [0.2, 0.25) is 0 Å². The molecule has 4 saturated carbocycles. The van der Waals surface area contributed by atoms with Crippen LogP contribution >= 0.6 is 12.4 Å². The van der Waals surface area contributed by atoms with Gasteiger partial charge in [-0.15, -0.1) is 12.4 Å². The Hall–Kier alpha value is -1.26. The number of carbonyl (C=O) groups is 1. The van der Waals surface area contributed by atoms with Gasteiger partial charge in [0.1, 0.15) is 12.4 Å². The van der Waals surface area contributed by atoms with Crippen molar-refractivity contribution in [2.45, 2.75) is 38.5 Å². The second-order valence-corrected chi connectivity index (χ2v) is 9.25. The SMILES string of the molecule is CN(C)CCOc1ccccc1C(=O)NCC12CC3CC(CC(C3)C1)C2.Cl. The molecule has 150 valence electrons. The van der Waals surface area contributed by atoms with E-state index in [4.69, 9.17) is 4.74 Å². The smallest absolute Gasteiger partial charge is 0.255 e. The predicted octanol–water partition coefficient (Wildman–Crippen LogP) is 4.00. The van der Waals surface area contributed by atoms with Crippen molar-refractivity contribution in [1.29, 1.82) is 0 Å². The van der Waals surface area contributed by atoms with Crippen molar-refractivity contribution in [2.75, 3.05) is 33.8 Å². The fourth-order valence-corrected chi connectivity index (χ4v) is 5.99. The maximum atomic E-state index is 12.9. The van der Waals surface area contributed by atoms with Gasteiger partial charge in [0, 0.05) is 13.1 Å². The molecule has 4 aliphatic rings. The molecule has 4 aliphatic carbocycles. The van der Waals surface area contributed by atoms with Gasteiger partial charge in [0.05, 0.1) is 5.56 Å². The van der Waals surface area contributed by atoms with E-state index in [-0.39, 0.29) is 18.3 Å². The molecule has 0 heterocycles. The lowest BCUT2D eigenvalue weighted by atomic mass is 9.49. The van der Waals surface area contributed by atoms with Crippen molar-refractivity contribution >= 4 is 18.3 Å². The summed E-state index contributed by atoms with van der Waals surface area (Å²) in [6.45, 7) is 2.26. The van der Waals surface area contributed by atoms with Crippen molar-refractivity contribution in [2.24, 2.45) is 23.2 Å². The first-order valence-corrected chi connectivity index (χ1v) is 10.2. The summed E-state index contributed by atoms with van der Waals surface area (Å²) in [5.41, 5.74) is 1.03. The van der Waals surface area contributed by atoms with Crippen LogP contribution in [0, 0.1) is 23.2 Å².